The maximum absolute atomic E-state index is 12.4. The third-order valence-electron chi connectivity index (χ3n) is 4.23. The van der Waals surface area contributed by atoms with E-state index in [0.717, 1.165) is 0 Å². The van der Waals surface area contributed by atoms with Crippen LogP contribution in [0.1, 0.15) is 22.3 Å². The number of ether oxygens (including phenoxy) is 1. The predicted octanol–water partition coefficient (Wildman–Crippen LogP) is 1.79. The Morgan fingerprint density at radius 1 is 0.860 bits per heavy atom. The topological polar surface area (TPSA) is 264 Å². The molecule has 1 atom stereocenters. The number of amidine groups is 1. The van der Waals surface area contributed by atoms with Crippen LogP contribution in [0, 0.1) is 5.41 Å². The molecule has 0 heterocycles. The molecule has 0 radical (unpaired) electrons. The highest BCUT2D eigenvalue weighted by molar-refractivity contribution is 5.95. The molecule has 2 aromatic rings. The molecular formula is C23H24F6N6O8. The van der Waals surface area contributed by atoms with Gasteiger partial charge in [0, 0.05) is 11.1 Å². The number of guanidine groups is 1. The van der Waals surface area contributed by atoms with Crippen LogP contribution in [0.2, 0.25) is 0 Å². The molecule has 11 N–H and O–H groups in total. The Balaban J connectivity index is 0.00000104. The van der Waals surface area contributed by atoms with Crippen LogP contribution in [0.5, 0.6) is 5.75 Å². The lowest BCUT2D eigenvalue weighted by Crippen LogP contribution is -2.40. The molecule has 0 bridgehead atoms. The van der Waals surface area contributed by atoms with Gasteiger partial charge in [0.05, 0.1) is 18.2 Å². The minimum absolute atomic E-state index is 0.0779. The van der Waals surface area contributed by atoms with E-state index in [1.165, 1.54) is 12.1 Å². The first-order valence-corrected chi connectivity index (χ1v) is 11.0. The molecule has 20 heteroatoms. The van der Waals surface area contributed by atoms with Gasteiger partial charge in [0.2, 0.25) is 0 Å². The van der Waals surface area contributed by atoms with E-state index in [9.17, 15) is 35.9 Å². The first kappa shape index (κ1) is 37.4. The summed E-state index contributed by atoms with van der Waals surface area (Å²) in [6.45, 7) is -0.0779. The Morgan fingerprint density at radius 3 is 1.74 bits per heavy atom. The number of carbonyl (C=O) groups is 4. The lowest BCUT2D eigenvalue weighted by atomic mass is 10.1. The second-order valence-corrected chi connectivity index (χ2v) is 7.71. The molecule has 0 aliphatic carbocycles. The molecule has 0 aromatic heterocycles. The number of hydrogen-bond acceptors (Lipinski definition) is 7. The molecular weight excluding hydrogens is 602 g/mol. The number of carboxylic acid groups (broad SMARTS) is 3. The Bertz CT molecular complexity index is 1290. The number of nitrogens with two attached hydrogens (primary N) is 3. The predicted molar refractivity (Wildman–Crippen MR) is 136 cm³/mol. The monoisotopic (exact) mass is 626 g/mol. The Morgan fingerprint density at radius 2 is 1.35 bits per heavy atom. The molecule has 0 fully saturated rings. The van der Waals surface area contributed by atoms with Crippen molar-refractivity contribution in [2.24, 2.45) is 22.2 Å². The average Bonchev–Trinajstić information content (AvgIpc) is 2.86. The number of aliphatic imine (C=N–C) groups is 1. The van der Waals surface area contributed by atoms with E-state index in [2.05, 4.69) is 10.3 Å². The number of aliphatic carboxylic acids is 3. The molecule has 0 saturated heterocycles. The molecule has 2 rings (SSSR count). The zero-order chi connectivity index (χ0) is 33.5. The summed E-state index contributed by atoms with van der Waals surface area (Å²) in [5.41, 5.74) is 17.3. The largest absolute Gasteiger partial charge is 0.491 e. The standard InChI is InChI=1S/C19H22N6O4.2C2HF3O2/c20-17(21)12-2-1-3-15(8-12)29-10-14(9-16(26)27)24-18(28)11-4-6-13(7-5-11)25-19(22)23;2*3-2(4,5)1(6)7/h1-8,14H,9-10H2,(H3,20,21)(H,24,28)(H,26,27)(H4,22,23,25);2*(H,6,7)/t14-;;/m1../s1. The highest BCUT2D eigenvalue weighted by Gasteiger charge is 2.38. The van der Waals surface area contributed by atoms with E-state index >= 15 is 0 Å². The van der Waals surface area contributed by atoms with E-state index in [-0.39, 0.29) is 24.8 Å². The van der Waals surface area contributed by atoms with Crippen molar-refractivity contribution >= 4 is 41.3 Å². The van der Waals surface area contributed by atoms with Gasteiger partial charge in [-0.15, -0.1) is 0 Å². The Hall–Kier alpha value is -5.56. The van der Waals surface area contributed by atoms with E-state index in [1.807, 2.05) is 0 Å². The molecule has 0 aliphatic heterocycles. The van der Waals surface area contributed by atoms with E-state index in [4.69, 9.17) is 52.3 Å². The van der Waals surface area contributed by atoms with Crippen LogP contribution in [0.4, 0.5) is 32.0 Å². The fourth-order valence-electron chi connectivity index (χ4n) is 2.42. The second kappa shape index (κ2) is 16.6. The summed E-state index contributed by atoms with van der Waals surface area (Å²) in [6.07, 6.45) is -10.5. The molecule has 43 heavy (non-hydrogen) atoms. The lowest BCUT2D eigenvalue weighted by Gasteiger charge is -2.18. The third-order valence-corrected chi connectivity index (χ3v) is 4.23. The van der Waals surface area contributed by atoms with Crippen LogP contribution < -0.4 is 27.3 Å². The summed E-state index contributed by atoms with van der Waals surface area (Å²) in [4.78, 5) is 45.2. The molecule has 236 valence electrons. The van der Waals surface area contributed by atoms with Crippen LogP contribution in [0.3, 0.4) is 0 Å². The molecule has 14 nitrogen and oxygen atoms in total. The first-order chi connectivity index (χ1) is 19.6. The van der Waals surface area contributed by atoms with Gasteiger partial charge in [-0.1, -0.05) is 12.1 Å². The van der Waals surface area contributed by atoms with Gasteiger partial charge in [-0.3, -0.25) is 15.0 Å². The SMILES string of the molecule is N=C(N)c1cccc(OC[C@@H](CC(=O)O)NC(=O)c2ccc(N=C(N)N)cc2)c1.O=C(O)C(F)(F)F.O=C(O)C(F)(F)F. The summed E-state index contributed by atoms with van der Waals surface area (Å²) in [7, 11) is 0. The van der Waals surface area contributed by atoms with Crippen molar-refractivity contribution < 1.29 is 65.6 Å². The average molecular weight is 626 g/mol. The fourth-order valence-corrected chi connectivity index (χ4v) is 2.42. The van der Waals surface area contributed by atoms with Gasteiger partial charge >= 0.3 is 30.3 Å². The van der Waals surface area contributed by atoms with Crippen molar-refractivity contribution in [3.63, 3.8) is 0 Å². The minimum atomic E-state index is -5.08. The number of carbonyl (C=O) groups excluding carboxylic acids is 1. The molecule has 2 aromatic carbocycles. The number of nitrogens with zero attached hydrogens (tertiary/aromatic N) is 1. The van der Waals surface area contributed by atoms with Gasteiger partial charge in [0.1, 0.15) is 18.2 Å². The van der Waals surface area contributed by atoms with Gasteiger partial charge in [-0.05, 0) is 36.4 Å². The van der Waals surface area contributed by atoms with Gasteiger partial charge < -0.3 is 42.6 Å². The van der Waals surface area contributed by atoms with Crippen molar-refractivity contribution in [1.82, 2.24) is 5.32 Å². The third kappa shape index (κ3) is 16.3. The maximum atomic E-state index is 12.4. The molecule has 0 unspecified atom stereocenters. The molecule has 0 aliphatic rings. The van der Waals surface area contributed by atoms with Crippen molar-refractivity contribution in [2.45, 2.75) is 24.8 Å². The van der Waals surface area contributed by atoms with Gasteiger partial charge in [0.25, 0.3) is 5.91 Å². The van der Waals surface area contributed by atoms with Crippen molar-refractivity contribution in [3.8, 4) is 5.75 Å². The van der Waals surface area contributed by atoms with Gasteiger partial charge in [0.15, 0.2) is 5.96 Å². The highest BCUT2D eigenvalue weighted by Crippen LogP contribution is 2.16. The van der Waals surface area contributed by atoms with E-state index in [0.29, 0.717) is 22.6 Å². The summed E-state index contributed by atoms with van der Waals surface area (Å²) in [5.74, 6) is -6.87. The van der Waals surface area contributed by atoms with Crippen LogP contribution >= 0.6 is 0 Å². The number of amides is 1. The van der Waals surface area contributed by atoms with Gasteiger partial charge in [-0.2, -0.15) is 26.3 Å². The van der Waals surface area contributed by atoms with Crippen molar-refractivity contribution in [1.29, 1.82) is 5.41 Å². The summed E-state index contributed by atoms with van der Waals surface area (Å²) < 4.78 is 69.1. The summed E-state index contributed by atoms with van der Waals surface area (Å²) in [5, 5.41) is 33.4. The normalized spacial score (nSPS) is 11.2. The van der Waals surface area contributed by atoms with Crippen LogP contribution in [-0.4, -0.2) is 75.9 Å². The fraction of sp³-hybridized carbons (Fsp3) is 0.217. The van der Waals surface area contributed by atoms with Crippen molar-refractivity contribution in [3.05, 3.63) is 59.7 Å². The van der Waals surface area contributed by atoms with E-state index < -0.39 is 42.2 Å². The number of nitrogens with one attached hydrogen (secondary N) is 2. The van der Waals surface area contributed by atoms with Crippen LogP contribution in [0.25, 0.3) is 0 Å². The second-order valence-electron chi connectivity index (χ2n) is 7.71. The van der Waals surface area contributed by atoms with Crippen LogP contribution in [0.15, 0.2) is 53.5 Å². The Kier molecular flexibility index (Phi) is 14.5. The number of carboxylic acids is 3. The van der Waals surface area contributed by atoms with E-state index in [1.54, 1.807) is 36.4 Å². The van der Waals surface area contributed by atoms with Gasteiger partial charge in [-0.25, -0.2) is 14.6 Å². The number of hydrogen-bond donors (Lipinski definition) is 8. The molecule has 0 saturated carbocycles. The first-order valence-electron chi connectivity index (χ1n) is 11.0. The minimum Gasteiger partial charge on any atom is -0.491 e. The number of rotatable bonds is 9. The Labute approximate surface area is 237 Å². The summed E-state index contributed by atoms with van der Waals surface area (Å²) in [6, 6.07) is 11.9. The number of benzene rings is 2. The van der Waals surface area contributed by atoms with Crippen molar-refractivity contribution in [2.75, 3.05) is 6.61 Å². The smallest absolute Gasteiger partial charge is 0.490 e. The number of alkyl halides is 6. The highest BCUT2D eigenvalue weighted by atomic mass is 19.4. The lowest BCUT2D eigenvalue weighted by molar-refractivity contribution is -0.193. The number of nitrogen functional groups attached to an aromatic ring is 1. The van der Waals surface area contributed by atoms with Crippen LogP contribution in [-0.2, 0) is 14.4 Å². The number of halogens is 6. The summed E-state index contributed by atoms with van der Waals surface area (Å²) >= 11 is 0. The zero-order valence-electron chi connectivity index (χ0n) is 21.4. The molecule has 0 spiro atoms. The zero-order valence-corrected chi connectivity index (χ0v) is 21.4. The molecule has 1 amide bonds. The quantitative estimate of drug-likeness (QED) is 0.113. The maximum Gasteiger partial charge on any atom is 0.490 e.